The first kappa shape index (κ1) is 20.2. The minimum Gasteiger partial charge on any atom is -0.462 e. The molecular weight excluding hydrogens is 296 g/mol. The molecule has 0 N–H and O–H groups in total. The molecule has 0 aliphatic heterocycles. The SMILES string of the molecule is CC(=O)OC/C=C(\C)C/C=C/C(C)=C/C=C1\C(C)=CCCC1(C)C. The van der Waals surface area contributed by atoms with Gasteiger partial charge in [0.25, 0.3) is 0 Å². The Hall–Kier alpha value is -1.83. The molecular formula is C22H32O2. The van der Waals surface area contributed by atoms with Crippen molar-refractivity contribution in [2.45, 2.75) is 60.8 Å². The molecule has 0 saturated heterocycles. The van der Waals surface area contributed by atoms with E-state index in [2.05, 4.69) is 58.1 Å². The van der Waals surface area contributed by atoms with Gasteiger partial charge in [0.1, 0.15) is 6.61 Å². The van der Waals surface area contributed by atoms with Crippen molar-refractivity contribution in [3.05, 3.63) is 58.7 Å². The van der Waals surface area contributed by atoms with Gasteiger partial charge in [0.15, 0.2) is 0 Å². The van der Waals surface area contributed by atoms with Crippen LogP contribution in [0.4, 0.5) is 0 Å². The summed E-state index contributed by atoms with van der Waals surface area (Å²) in [7, 11) is 0. The van der Waals surface area contributed by atoms with Gasteiger partial charge in [-0.15, -0.1) is 0 Å². The lowest BCUT2D eigenvalue weighted by molar-refractivity contribution is -0.139. The first-order valence-electron chi connectivity index (χ1n) is 8.74. The summed E-state index contributed by atoms with van der Waals surface area (Å²) >= 11 is 0. The summed E-state index contributed by atoms with van der Waals surface area (Å²) in [6, 6.07) is 0. The highest BCUT2D eigenvalue weighted by atomic mass is 16.5. The van der Waals surface area contributed by atoms with E-state index >= 15 is 0 Å². The molecule has 1 aliphatic rings. The van der Waals surface area contributed by atoms with Crippen LogP contribution in [0.3, 0.4) is 0 Å². The average molecular weight is 328 g/mol. The maximum atomic E-state index is 10.7. The Morgan fingerprint density at radius 1 is 1.29 bits per heavy atom. The number of carbonyl (C=O) groups is 1. The van der Waals surface area contributed by atoms with Crippen molar-refractivity contribution in [3.8, 4) is 0 Å². The molecule has 24 heavy (non-hydrogen) atoms. The monoisotopic (exact) mass is 328 g/mol. The van der Waals surface area contributed by atoms with Gasteiger partial charge in [-0.25, -0.2) is 0 Å². The topological polar surface area (TPSA) is 26.3 Å². The summed E-state index contributed by atoms with van der Waals surface area (Å²) in [6.07, 6.45) is 16.3. The van der Waals surface area contributed by atoms with Crippen LogP contribution >= 0.6 is 0 Å². The van der Waals surface area contributed by atoms with Gasteiger partial charge in [0.05, 0.1) is 0 Å². The Bertz CT molecular complexity index is 595. The molecule has 0 spiro atoms. The molecule has 0 unspecified atom stereocenters. The molecule has 0 heterocycles. The fourth-order valence-electron chi connectivity index (χ4n) is 2.87. The summed E-state index contributed by atoms with van der Waals surface area (Å²) in [5.74, 6) is -0.239. The predicted molar refractivity (Wildman–Crippen MR) is 103 cm³/mol. The Morgan fingerprint density at radius 3 is 2.62 bits per heavy atom. The van der Waals surface area contributed by atoms with Crippen molar-refractivity contribution in [2.75, 3.05) is 6.61 Å². The number of esters is 1. The molecule has 1 aliphatic carbocycles. The van der Waals surface area contributed by atoms with E-state index in [0.29, 0.717) is 6.61 Å². The third kappa shape index (κ3) is 7.16. The normalized spacial score (nSPS) is 20.4. The van der Waals surface area contributed by atoms with Gasteiger partial charge in [0.2, 0.25) is 0 Å². The molecule has 0 aromatic rings. The van der Waals surface area contributed by atoms with Gasteiger partial charge in [-0.1, -0.05) is 60.9 Å². The van der Waals surface area contributed by atoms with Crippen LogP contribution in [-0.4, -0.2) is 12.6 Å². The largest absolute Gasteiger partial charge is 0.462 e. The van der Waals surface area contributed by atoms with Crippen LogP contribution in [0.2, 0.25) is 0 Å². The van der Waals surface area contributed by atoms with Crippen molar-refractivity contribution in [2.24, 2.45) is 5.41 Å². The van der Waals surface area contributed by atoms with Crippen molar-refractivity contribution in [3.63, 3.8) is 0 Å². The predicted octanol–water partition coefficient (Wildman–Crippen LogP) is 6.08. The van der Waals surface area contributed by atoms with Crippen molar-refractivity contribution >= 4 is 5.97 Å². The number of ether oxygens (including phenoxy) is 1. The van der Waals surface area contributed by atoms with Crippen molar-refractivity contribution < 1.29 is 9.53 Å². The second-order valence-corrected chi connectivity index (χ2v) is 7.26. The Labute approximate surface area is 147 Å². The lowest BCUT2D eigenvalue weighted by Crippen LogP contribution is -2.18. The molecule has 2 nitrogen and oxygen atoms in total. The smallest absolute Gasteiger partial charge is 0.302 e. The molecule has 0 radical (unpaired) electrons. The minimum atomic E-state index is -0.239. The van der Waals surface area contributed by atoms with Gasteiger partial charge < -0.3 is 4.74 Å². The van der Waals surface area contributed by atoms with Gasteiger partial charge >= 0.3 is 5.97 Å². The van der Waals surface area contributed by atoms with Gasteiger partial charge in [-0.2, -0.15) is 0 Å². The van der Waals surface area contributed by atoms with Crippen LogP contribution in [0.15, 0.2) is 58.7 Å². The first-order valence-corrected chi connectivity index (χ1v) is 8.74. The summed E-state index contributed by atoms with van der Waals surface area (Å²) in [4.78, 5) is 10.7. The number of hydrogen-bond donors (Lipinski definition) is 0. The zero-order valence-corrected chi connectivity index (χ0v) is 16.1. The highest BCUT2D eigenvalue weighted by molar-refractivity contribution is 5.66. The summed E-state index contributed by atoms with van der Waals surface area (Å²) in [6.45, 7) is 12.8. The quantitative estimate of drug-likeness (QED) is 0.335. The van der Waals surface area contributed by atoms with Crippen LogP contribution < -0.4 is 0 Å². The van der Waals surface area contributed by atoms with E-state index in [0.717, 1.165) is 6.42 Å². The molecule has 0 fully saturated rings. The summed E-state index contributed by atoms with van der Waals surface area (Å²) in [5, 5.41) is 0. The molecule has 0 atom stereocenters. The summed E-state index contributed by atoms with van der Waals surface area (Å²) < 4.78 is 4.91. The van der Waals surface area contributed by atoms with Crippen LogP contribution in [-0.2, 0) is 9.53 Å². The maximum Gasteiger partial charge on any atom is 0.302 e. The van der Waals surface area contributed by atoms with E-state index in [-0.39, 0.29) is 11.4 Å². The number of allylic oxidation sites excluding steroid dienone is 9. The zero-order valence-electron chi connectivity index (χ0n) is 16.1. The fraction of sp³-hybridized carbons (Fsp3) is 0.500. The van der Waals surface area contributed by atoms with Gasteiger partial charge in [-0.05, 0) is 57.1 Å². The van der Waals surface area contributed by atoms with Crippen LogP contribution in [0.5, 0.6) is 0 Å². The maximum absolute atomic E-state index is 10.7. The molecule has 0 amide bonds. The fourth-order valence-corrected chi connectivity index (χ4v) is 2.87. The molecule has 0 aromatic heterocycles. The Balaban J connectivity index is 2.63. The number of carbonyl (C=O) groups excluding carboxylic acids is 1. The molecule has 132 valence electrons. The van der Waals surface area contributed by atoms with E-state index in [1.54, 1.807) is 0 Å². The second-order valence-electron chi connectivity index (χ2n) is 7.26. The summed E-state index contributed by atoms with van der Waals surface area (Å²) in [5.41, 5.74) is 5.55. The molecule has 0 aromatic carbocycles. The van der Waals surface area contributed by atoms with Gasteiger partial charge in [-0.3, -0.25) is 4.79 Å². The van der Waals surface area contributed by atoms with E-state index in [9.17, 15) is 4.79 Å². The minimum absolute atomic E-state index is 0.239. The lowest BCUT2D eigenvalue weighted by atomic mass is 9.73. The van der Waals surface area contributed by atoms with Crippen LogP contribution in [0.1, 0.15) is 60.8 Å². The van der Waals surface area contributed by atoms with Crippen molar-refractivity contribution in [1.29, 1.82) is 0 Å². The third-order valence-electron chi connectivity index (χ3n) is 4.43. The lowest BCUT2D eigenvalue weighted by Gasteiger charge is -2.32. The number of hydrogen-bond acceptors (Lipinski definition) is 2. The van der Waals surface area contributed by atoms with E-state index in [4.69, 9.17) is 4.74 Å². The van der Waals surface area contributed by atoms with Gasteiger partial charge in [0, 0.05) is 6.92 Å². The highest BCUT2D eigenvalue weighted by Gasteiger charge is 2.26. The molecule has 2 heteroatoms. The first-order chi connectivity index (χ1) is 11.2. The van der Waals surface area contributed by atoms with E-state index < -0.39 is 0 Å². The second kappa shape index (κ2) is 9.46. The standard InChI is InChI=1S/C22H32O2/c1-17(9-7-10-18(2)14-16-24-20(4)23)12-13-21-19(3)11-8-15-22(21,5)6/h7,9,11-14H,8,10,15-16H2,1-6H3/b9-7+,17-12+,18-14+,21-13+. The van der Waals surface area contributed by atoms with E-state index in [1.165, 1.54) is 42.1 Å². The Morgan fingerprint density at radius 2 is 2.00 bits per heavy atom. The van der Waals surface area contributed by atoms with E-state index in [1.807, 2.05) is 13.0 Å². The molecule has 1 rings (SSSR count). The zero-order chi connectivity index (χ0) is 18.2. The average Bonchev–Trinajstić information content (AvgIpc) is 2.45. The molecule has 0 saturated carbocycles. The number of rotatable bonds is 6. The van der Waals surface area contributed by atoms with Crippen LogP contribution in [0, 0.1) is 5.41 Å². The highest BCUT2D eigenvalue weighted by Crippen LogP contribution is 2.40. The third-order valence-corrected chi connectivity index (χ3v) is 4.43. The van der Waals surface area contributed by atoms with Crippen molar-refractivity contribution in [1.82, 2.24) is 0 Å². The molecule has 0 bridgehead atoms. The van der Waals surface area contributed by atoms with Crippen LogP contribution in [0.25, 0.3) is 0 Å². The Kier molecular flexibility index (Phi) is 7.97.